The van der Waals surface area contributed by atoms with Crippen molar-refractivity contribution < 1.29 is 27.9 Å². The van der Waals surface area contributed by atoms with Crippen LogP contribution in [0.25, 0.3) is 0 Å². The van der Waals surface area contributed by atoms with Crippen LogP contribution in [0, 0.1) is 19.7 Å². The molecule has 1 amide bonds. The van der Waals surface area contributed by atoms with Crippen LogP contribution in [-0.4, -0.2) is 26.8 Å². The number of carboxylic acid groups (broad SMARTS) is 1. The van der Waals surface area contributed by atoms with Crippen molar-refractivity contribution in [3.8, 4) is 0 Å². The van der Waals surface area contributed by atoms with Crippen LogP contribution in [0.2, 0.25) is 0 Å². The molecule has 1 heterocycles. The zero-order valence-electron chi connectivity index (χ0n) is 13.5. The van der Waals surface area contributed by atoms with Crippen LogP contribution in [-0.2, 0) is 22.4 Å². The average molecular weight is 355 g/mol. The summed E-state index contributed by atoms with van der Waals surface area (Å²) in [4.78, 5) is 22.7. The Labute approximate surface area is 141 Å². The molecule has 0 unspecified atom stereocenters. The highest BCUT2D eigenvalue weighted by atomic mass is 19.3. The highest BCUT2D eigenvalue weighted by molar-refractivity contribution is 5.92. The second kappa shape index (κ2) is 7.37. The van der Waals surface area contributed by atoms with Crippen molar-refractivity contribution >= 4 is 17.6 Å². The van der Waals surface area contributed by atoms with Gasteiger partial charge in [-0.2, -0.15) is 13.9 Å². The predicted molar refractivity (Wildman–Crippen MR) is 83.0 cm³/mol. The number of carbonyl (C=O) groups is 2. The van der Waals surface area contributed by atoms with E-state index in [9.17, 15) is 22.8 Å². The van der Waals surface area contributed by atoms with Crippen molar-refractivity contribution in [3.05, 3.63) is 46.5 Å². The number of hydrogen-bond donors (Lipinski definition) is 2. The molecule has 1 aromatic heterocycles. The van der Waals surface area contributed by atoms with E-state index in [1.54, 1.807) is 0 Å². The lowest BCUT2D eigenvalue weighted by Gasteiger charge is -2.08. The largest absolute Gasteiger partial charge is 0.481 e. The molecule has 0 radical (unpaired) electrons. The van der Waals surface area contributed by atoms with E-state index in [2.05, 4.69) is 10.4 Å². The highest BCUT2D eigenvalue weighted by Gasteiger charge is 2.19. The van der Waals surface area contributed by atoms with Gasteiger partial charge < -0.3 is 10.4 Å². The van der Waals surface area contributed by atoms with Gasteiger partial charge in [-0.25, -0.2) is 9.07 Å². The lowest BCUT2D eigenvalue weighted by atomic mass is 10.1. The van der Waals surface area contributed by atoms with E-state index in [0.29, 0.717) is 15.9 Å². The Morgan fingerprint density at radius 2 is 1.96 bits per heavy atom. The van der Waals surface area contributed by atoms with E-state index in [1.807, 2.05) is 0 Å². The number of rotatable bonds is 6. The Kier molecular flexibility index (Phi) is 5.45. The van der Waals surface area contributed by atoms with Crippen molar-refractivity contribution in [2.24, 2.45) is 0 Å². The standard InChI is InChI=1S/C16H16F3N3O3/c1-8-12(9(2)22(21-8)16(18)19)7-14(23)20-11-4-3-10(5-15(24)25)13(17)6-11/h3-4,6,16H,5,7H2,1-2H3,(H,20,23)(H,24,25). The molecule has 0 aliphatic heterocycles. The van der Waals surface area contributed by atoms with Crippen LogP contribution in [0.15, 0.2) is 18.2 Å². The van der Waals surface area contributed by atoms with Crippen molar-refractivity contribution in [2.75, 3.05) is 5.32 Å². The molecule has 0 aliphatic rings. The van der Waals surface area contributed by atoms with Gasteiger partial charge in [0.25, 0.3) is 0 Å². The Morgan fingerprint density at radius 1 is 1.28 bits per heavy atom. The molecule has 0 fully saturated rings. The number of carbonyl (C=O) groups excluding carboxylic acids is 1. The van der Waals surface area contributed by atoms with Gasteiger partial charge in [-0.1, -0.05) is 6.07 Å². The maximum Gasteiger partial charge on any atom is 0.333 e. The van der Waals surface area contributed by atoms with Gasteiger partial charge in [0.05, 0.1) is 18.5 Å². The number of hydrogen-bond acceptors (Lipinski definition) is 3. The van der Waals surface area contributed by atoms with E-state index in [4.69, 9.17) is 5.11 Å². The van der Waals surface area contributed by atoms with Crippen LogP contribution in [0.1, 0.15) is 29.1 Å². The number of nitrogens with one attached hydrogen (secondary N) is 1. The molecule has 9 heteroatoms. The first-order chi connectivity index (χ1) is 11.7. The number of halogens is 3. The summed E-state index contributed by atoms with van der Waals surface area (Å²) in [5.74, 6) is -2.44. The molecule has 0 atom stereocenters. The number of alkyl halides is 2. The lowest BCUT2D eigenvalue weighted by Crippen LogP contribution is -2.16. The fraction of sp³-hybridized carbons (Fsp3) is 0.312. The topological polar surface area (TPSA) is 84.2 Å². The second-order valence-electron chi connectivity index (χ2n) is 5.47. The van der Waals surface area contributed by atoms with Crippen LogP contribution < -0.4 is 5.32 Å². The highest BCUT2D eigenvalue weighted by Crippen LogP contribution is 2.21. The molecular formula is C16H16F3N3O3. The lowest BCUT2D eigenvalue weighted by molar-refractivity contribution is -0.136. The normalized spacial score (nSPS) is 11.0. The molecule has 134 valence electrons. The molecule has 25 heavy (non-hydrogen) atoms. The third kappa shape index (κ3) is 4.37. The summed E-state index contributed by atoms with van der Waals surface area (Å²) in [5.41, 5.74) is 1.02. The van der Waals surface area contributed by atoms with Gasteiger partial charge in [-0.3, -0.25) is 9.59 Å². The predicted octanol–water partition coefficient (Wildman–Crippen LogP) is 2.84. The number of carboxylic acids is 1. The number of amides is 1. The Bertz CT molecular complexity index is 818. The van der Waals surface area contributed by atoms with Crippen molar-refractivity contribution in [1.29, 1.82) is 0 Å². The zero-order valence-corrected chi connectivity index (χ0v) is 13.5. The minimum Gasteiger partial charge on any atom is -0.481 e. The van der Waals surface area contributed by atoms with Crippen LogP contribution in [0.3, 0.4) is 0 Å². The first-order valence-corrected chi connectivity index (χ1v) is 7.31. The van der Waals surface area contributed by atoms with E-state index >= 15 is 0 Å². The van der Waals surface area contributed by atoms with Crippen LogP contribution >= 0.6 is 0 Å². The summed E-state index contributed by atoms with van der Waals surface area (Å²) in [6.45, 7) is 0.163. The SMILES string of the molecule is Cc1nn(C(F)F)c(C)c1CC(=O)Nc1ccc(CC(=O)O)c(F)c1. The quantitative estimate of drug-likeness (QED) is 0.835. The third-order valence-electron chi connectivity index (χ3n) is 3.68. The number of aliphatic carboxylic acids is 1. The molecule has 0 aliphatic carbocycles. The van der Waals surface area contributed by atoms with Gasteiger partial charge in [0.15, 0.2) is 0 Å². The van der Waals surface area contributed by atoms with Gasteiger partial charge in [0.2, 0.25) is 5.91 Å². The summed E-state index contributed by atoms with van der Waals surface area (Å²) in [7, 11) is 0. The van der Waals surface area contributed by atoms with Gasteiger partial charge in [0.1, 0.15) is 5.82 Å². The number of benzene rings is 1. The summed E-state index contributed by atoms with van der Waals surface area (Å²) in [6.07, 6.45) is -0.659. The maximum absolute atomic E-state index is 13.8. The Hall–Kier alpha value is -2.84. The molecule has 6 nitrogen and oxygen atoms in total. The maximum atomic E-state index is 13.8. The minimum atomic E-state index is -2.80. The molecule has 2 aromatic rings. The molecule has 2 N–H and O–H groups in total. The molecule has 0 saturated heterocycles. The second-order valence-corrected chi connectivity index (χ2v) is 5.47. The summed E-state index contributed by atoms with van der Waals surface area (Å²) < 4.78 is 39.9. The molecule has 2 rings (SSSR count). The van der Waals surface area contributed by atoms with Crippen LogP contribution in [0.5, 0.6) is 0 Å². The first kappa shape index (κ1) is 18.5. The van der Waals surface area contributed by atoms with Crippen molar-refractivity contribution in [1.82, 2.24) is 9.78 Å². The van der Waals surface area contributed by atoms with E-state index in [1.165, 1.54) is 26.0 Å². The van der Waals surface area contributed by atoms with E-state index < -0.39 is 30.7 Å². The molecule has 0 saturated carbocycles. The van der Waals surface area contributed by atoms with Crippen LogP contribution in [0.4, 0.5) is 18.9 Å². The summed E-state index contributed by atoms with van der Waals surface area (Å²) in [6, 6.07) is 3.66. The monoisotopic (exact) mass is 355 g/mol. The van der Waals surface area contributed by atoms with Gasteiger partial charge in [-0.05, 0) is 31.5 Å². The first-order valence-electron chi connectivity index (χ1n) is 7.31. The summed E-state index contributed by atoms with van der Waals surface area (Å²) in [5, 5.41) is 14.8. The Balaban J connectivity index is 2.11. The number of aromatic nitrogens is 2. The number of aryl methyl sites for hydroxylation is 1. The zero-order chi connectivity index (χ0) is 18.7. The minimum absolute atomic E-state index is 0.00426. The van der Waals surface area contributed by atoms with Crippen molar-refractivity contribution in [2.45, 2.75) is 33.2 Å². The van der Waals surface area contributed by atoms with E-state index in [-0.39, 0.29) is 23.4 Å². The number of nitrogens with zero attached hydrogens (tertiary/aromatic N) is 2. The molecular weight excluding hydrogens is 339 g/mol. The Morgan fingerprint density at radius 3 is 2.48 bits per heavy atom. The van der Waals surface area contributed by atoms with Crippen molar-refractivity contribution in [3.63, 3.8) is 0 Å². The smallest absolute Gasteiger partial charge is 0.333 e. The van der Waals surface area contributed by atoms with E-state index in [0.717, 1.165) is 6.07 Å². The van der Waals surface area contributed by atoms with Gasteiger partial charge >= 0.3 is 12.5 Å². The third-order valence-corrected chi connectivity index (χ3v) is 3.68. The average Bonchev–Trinajstić information content (AvgIpc) is 2.78. The van der Waals surface area contributed by atoms with Gasteiger partial charge in [-0.15, -0.1) is 0 Å². The number of anilines is 1. The molecule has 0 bridgehead atoms. The molecule has 0 spiro atoms. The molecule has 1 aromatic carbocycles. The fourth-order valence-corrected chi connectivity index (χ4v) is 2.44. The fourth-order valence-electron chi connectivity index (χ4n) is 2.44. The van der Waals surface area contributed by atoms with Gasteiger partial charge in [0, 0.05) is 16.9 Å². The summed E-state index contributed by atoms with van der Waals surface area (Å²) >= 11 is 0.